The Labute approximate surface area is 208 Å². The zero-order valence-corrected chi connectivity index (χ0v) is 20.2. The summed E-state index contributed by atoms with van der Waals surface area (Å²) in [4.78, 5) is 12.9. The number of fused-ring (bicyclic) bond motifs is 1. The van der Waals surface area contributed by atoms with E-state index in [1.807, 2.05) is 85.3 Å². The topological polar surface area (TPSA) is 69.3 Å². The fraction of sp³-hybridized carbons (Fsp3) is 0.143. The summed E-state index contributed by atoms with van der Waals surface area (Å²) in [6.07, 6.45) is 0. The van der Waals surface area contributed by atoms with E-state index in [4.69, 9.17) is 20.8 Å². The number of ether oxygens (including phenoxy) is 1. The molecule has 0 fully saturated rings. The van der Waals surface area contributed by atoms with Crippen molar-refractivity contribution in [2.24, 2.45) is 0 Å². The lowest BCUT2D eigenvalue weighted by molar-refractivity contribution is 0.0992. The Kier molecular flexibility index (Phi) is 6.29. The SMILES string of the molecule is Cc1nn(Cc2cccc(Cl)c2)c(C)c1NC(=O)c1ccc(COc2cccc3ccccc23)o1. The van der Waals surface area contributed by atoms with Gasteiger partial charge in [0.1, 0.15) is 18.1 Å². The first-order chi connectivity index (χ1) is 17.0. The van der Waals surface area contributed by atoms with Crippen LogP contribution in [0.1, 0.15) is 33.3 Å². The normalized spacial score (nSPS) is 11.1. The molecule has 1 amide bonds. The highest BCUT2D eigenvalue weighted by Crippen LogP contribution is 2.27. The molecule has 0 spiro atoms. The number of anilines is 1. The minimum atomic E-state index is -0.338. The number of benzene rings is 3. The third-order valence-corrected chi connectivity index (χ3v) is 6.08. The molecule has 176 valence electrons. The van der Waals surface area contributed by atoms with E-state index in [9.17, 15) is 4.79 Å². The Morgan fingerprint density at radius 2 is 1.83 bits per heavy atom. The predicted molar refractivity (Wildman–Crippen MR) is 137 cm³/mol. The van der Waals surface area contributed by atoms with Crippen LogP contribution in [0.15, 0.2) is 83.3 Å². The van der Waals surface area contributed by atoms with Crippen LogP contribution in [-0.2, 0) is 13.2 Å². The Morgan fingerprint density at radius 3 is 2.69 bits per heavy atom. The average Bonchev–Trinajstić information content (AvgIpc) is 3.43. The number of nitrogens with one attached hydrogen (secondary N) is 1. The first kappa shape index (κ1) is 22.7. The minimum absolute atomic E-state index is 0.211. The van der Waals surface area contributed by atoms with Gasteiger partial charge in [-0.25, -0.2) is 0 Å². The molecule has 0 saturated heterocycles. The number of nitrogens with zero attached hydrogens (tertiary/aromatic N) is 2. The molecular formula is C28H24ClN3O3. The molecule has 0 saturated carbocycles. The van der Waals surface area contributed by atoms with E-state index in [1.54, 1.807) is 12.1 Å². The summed E-state index contributed by atoms with van der Waals surface area (Å²) in [5, 5.41) is 10.3. The van der Waals surface area contributed by atoms with Crippen LogP contribution < -0.4 is 10.1 Å². The zero-order chi connectivity index (χ0) is 24.4. The van der Waals surface area contributed by atoms with Gasteiger partial charge < -0.3 is 14.5 Å². The molecule has 3 aromatic carbocycles. The first-order valence-electron chi connectivity index (χ1n) is 11.3. The molecule has 6 nitrogen and oxygen atoms in total. The van der Waals surface area contributed by atoms with Crippen molar-refractivity contribution < 1.29 is 13.9 Å². The number of hydrogen-bond donors (Lipinski definition) is 1. The molecule has 0 aliphatic carbocycles. The highest BCUT2D eigenvalue weighted by Gasteiger charge is 2.18. The second-order valence-electron chi connectivity index (χ2n) is 8.32. The monoisotopic (exact) mass is 485 g/mol. The van der Waals surface area contributed by atoms with Crippen molar-refractivity contribution in [2.75, 3.05) is 5.32 Å². The van der Waals surface area contributed by atoms with Crippen LogP contribution in [0, 0.1) is 13.8 Å². The Balaban J connectivity index is 1.26. The van der Waals surface area contributed by atoms with Crippen molar-refractivity contribution in [3.8, 4) is 5.75 Å². The van der Waals surface area contributed by atoms with E-state index < -0.39 is 0 Å². The van der Waals surface area contributed by atoms with Gasteiger partial charge in [0.2, 0.25) is 0 Å². The van der Waals surface area contributed by atoms with Crippen molar-refractivity contribution >= 4 is 34.0 Å². The lowest BCUT2D eigenvalue weighted by Crippen LogP contribution is -2.12. The molecule has 0 bridgehead atoms. The summed E-state index contributed by atoms with van der Waals surface area (Å²) < 4.78 is 13.6. The number of carbonyl (C=O) groups excluding carboxylic acids is 1. The van der Waals surface area contributed by atoms with Gasteiger partial charge in [-0.2, -0.15) is 5.10 Å². The van der Waals surface area contributed by atoms with Crippen LogP contribution in [0.25, 0.3) is 10.8 Å². The molecular weight excluding hydrogens is 462 g/mol. The van der Waals surface area contributed by atoms with Gasteiger partial charge in [-0.05, 0) is 55.1 Å². The quantitative estimate of drug-likeness (QED) is 0.276. The zero-order valence-electron chi connectivity index (χ0n) is 19.4. The van der Waals surface area contributed by atoms with Crippen LogP contribution >= 0.6 is 11.6 Å². The molecule has 1 N–H and O–H groups in total. The fourth-order valence-electron chi connectivity index (χ4n) is 4.06. The molecule has 5 aromatic rings. The van der Waals surface area contributed by atoms with Gasteiger partial charge in [0, 0.05) is 10.4 Å². The van der Waals surface area contributed by atoms with Crippen molar-refractivity contribution in [1.29, 1.82) is 0 Å². The van der Waals surface area contributed by atoms with Crippen molar-refractivity contribution in [2.45, 2.75) is 27.0 Å². The highest BCUT2D eigenvalue weighted by molar-refractivity contribution is 6.30. The summed E-state index contributed by atoms with van der Waals surface area (Å²) >= 11 is 6.10. The van der Waals surface area contributed by atoms with Gasteiger partial charge in [0.25, 0.3) is 5.91 Å². The van der Waals surface area contributed by atoms with E-state index in [2.05, 4.69) is 10.4 Å². The lowest BCUT2D eigenvalue weighted by Gasteiger charge is -2.08. The highest BCUT2D eigenvalue weighted by atomic mass is 35.5. The molecule has 5 rings (SSSR count). The average molecular weight is 486 g/mol. The van der Waals surface area contributed by atoms with Crippen molar-refractivity contribution in [3.63, 3.8) is 0 Å². The number of rotatable bonds is 7. The summed E-state index contributed by atoms with van der Waals surface area (Å²) in [5.74, 6) is 1.20. The largest absolute Gasteiger partial charge is 0.485 e. The summed E-state index contributed by atoms with van der Waals surface area (Å²) in [5.41, 5.74) is 3.27. The van der Waals surface area contributed by atoms with Crippen molar-refractivity contribution in [1.82, 2.24) is 9.78 Å². The number of furan rings is 1. The smallest absolute Gasteiger partial charge is 0.291 e. The van der Waals surface area contributed by atoms with Gasteiger partial charge in [-0.3, -0.25) is 9.48 Å². The van der Waals surface area contributed by atoms with Gasteiger partial charge in [-0.15, -0.1) is 0 Å². The Bertz CT molecular complexity index is 1510. The fourth-order valence-corrected chi connectivity index (χ4v) is 4.28. The molecule has 7 heteroatoms. The number of halogens is 1. The molecule has 0 radical (unpaired) electrons. The number of aromatic nitrogens is 2. The molecule has 0 atom stereocenters. The predicted octanol–water partition coefficient (Wildman–Crippen LogP) is 6.78. The molecule has 0 unspecified atom stereocenters. The van der Waals surface area contributed by atoms with E-state index in [-0.39, 0.29) is 18.3 Å². The first-order valence-corrected chi connectivity index (χ1v) is 11.6. The standard InChI is InChI=1S/C28H24ClN3O3/c1-18-27(19(2)32(31-18)16-20-7-5-10-22(29)15-20)30-28(33)26-14-13-23(35-26)17-34-25-12-6-9-21-8-3-4-11-24(21)25/h3-15H,16-17H2,1-2H3,(H,30,33). The van der Waals surface area contributed by atoms with E-state index in [0.717, 1.165) is 33.5 Å². The van der Waals surface area contributed by atoms with Gasteiger partial charge >= 0.3 is 0 Å². The van der Waals surface area contributed by atoms with Crippen molar-refractivity contribution in [3.05, 3.63) is 112 Å². The molecule has 0 aliphatic rings. The number of hydrogen-bond acceptors (Lipinski definition) is 4. The van der Waals surface area contributed by atoms with Crippen LogP contribution in [0.2, 0.25) is 5.02 Å². The summed E-state index contributed by atoms with van der Waals surface area (Å²) in [6.45, 7) is 4.56. The molecule has 2 heterocycles. The van der Waals surface area contributed by atoms with Crippen LogP contribution in [-0.4, -0.2) is 15.7 Å². The Hall–Kier alpha value is -4.03. The van der Waals surface area contributed by atoms with E-state index >= 15 is 0 Å². The molecule has 35 heavy (non-hydrogen) atoms. The van der Waals surface area contributed by atoms with Gasteiger partial charge in [0.05, 0.1) is 23.6 Å². The molecule has 0 aliphatic heterocycles. The summed E-state index contributed by atoms with van der Waals surface area (Å²) in [6, 6.07) is 25.0. The number of amides is 1. The molecule has 2 aromatic heterocycles. The number of aryl methyl sites for hydroxylation is 1. The van der Waals surface area contributed by atoms with Crippen LogP contribution in [0.4, 0.5) is 5.69 Å². The Morgan fingerprint density at radius 1 is 1.03 bits per heavy atom. The maximum absolute atomic E-state index is 12.9. The summed E-state index contributed by atoms with van der Waals surface area (Å²) in [7, 11) is 0. The van der Waals surface area contributed by atoms with Gasteiger partial charge in [0.15, 0.2) is 5.76 Å². The van der Waals surface area contributed by atoms with E-state index in [0.29, 0.717) is 23.0 Å². The second kappa shape index (κ2) is 9.68. The number of carbonyl (C=O) groups is 1. The van der Waals surface area contributed by atoms with E-state index in [1.165, 1.54) is 0 Å². The van der Waals surface area contributed by atoms with Crippen LogP contribution in [0.3, 0.4) is 0 Å². The third-order valence-electron chi connectivity index (χ3n) is 5.85. The minimum Gasteiger partial charge on any atom is -0.485 e. The second-order valence-corrected chi connectivity index (χ2v) is 8.76. The maximum atomic E-state index is 12.9. The maximum Gasteiger partial charge on any atom is 0.291 e. The van der Waals surface area contributed by atoms with Gasteiger partial charge in [-0.1, -0.05) is 60.1 Å². The lowest BCUT2D eigenvalue weighted by atomic mass is 10.1. The van der Waals surface area contributed by atoms with Crippen LogP contribution in [0.5, 0.6) is 5.75 Å². The third kappa shape index (κ3) is 4.93.